The molecule has 33 heavy (non-hydrogen) atoms. The first-order chi connectivity index (χ1) is 15.7. The number of oxazole rings is 1. The molecule has 0 aliphatic rings. The van der Waals surface area contributed by atoms with Crippen molar-refractivity contribution in [3.8, 4) is 11.3 Å². The molecule has 0 fully saturated rings. The summed E-state index contributed by atoms with van der Waals surface area (Å²) in [5.41, 5.74) is 1.16. The fraction of sp³-hybridized carbons (Fsp3) is 0.360. The first-order valence-corrected chi connectivity index (χ1v) is 11.6. The summed E-state index contributed by atoms with van der Waals surface area (Å²) in [6.45, 7) is 4.44. The van der Waals surface area contributed by atoms with Crippen LogP contribution in [0.3, 0.4) is 0 Å². The van der Waals surface area contributed by atoms with E-state index in [2.05, 4.69) is 10.3 Å². The van der Waals surface area contributed by atoms with Crippen LogP contribution in [0.4, 0.5) is 0 Å². The Labute approximate surface area is 197 Å². The molecule has 0 aliphatic carbocycles. The topological polar surface area (TPSA) is 116 Å². The van der Waals surface area contributed by atoms with Gasteiger partial charge in [0.25, 0.3) is 0 Å². The van der Waals surface area contributed by atoms with Crippen molar-refractivity contribution >= 4 is 17.7 Å². The summed E-state index contributed by atoms with van der Waals surface area (Å²) in [5, 5.41) is 32.4. The average Bonchev–Trinajstić information content (AvgIpc) is 3.30. The predicted octanol–water partition coefficient (Wildman–Crippen LogP) is 3.90. The van der Waals surface area contributed by atoms with Gasteiger partial charge in [0, 0.05) is 34.6 Å². The van der Waals surface area contributed by atoms with Crippen molar-refractivity contribution in [2.45, 2.75) is 54.5 Å². The molecule has 176 valence electrons. The highest BCUT2D eigenvalue weighted by Gasteiger charge is 2.33. The Morgan fingerprint density at radius 1 is 1.06 bits per heavy atom. The van der Waals surface area contributed by atoms with Crippen LogP contribution in [-0.4, -0.2) is 45.0 Å². The van der Waals surface area contributed by atoms with E-state index in [0.717, 1.165) is 26.9 Å². The maximum atomic E-state index is 11.4. The quantitative estimate of drug-likeness (QED) is 0.355. The minimum absolute atomic E-state index is 0.00585. The number of hydrogen-bond acceptors (Lipinski definition) is 7. The lowest BCUT2D eigenvalue weighted by atomic mass is 9.90. The van der Waals surface area contributed by atoms with E-state index in [1.807, 2.05) is 50.2 Å². The standard InChI is InChI=1S/C25H30N2O5S/c1-16(2)24-26-22(13-32-24)18-4-8-20(9-5-18)33-21-10-6-19(7-11-21)23(31)12-25(14-28,15-29)27-17(3)30/h4-11,13,16,23,28-29,31H,12,14-15H2,1-3H3,(H,27,30). The molecule has 0 aliphatic heterocycles. The Kier molecular flexibility index (Phi) is 8.31. The Bertz CT molecular complexity index is 1040. The van der Waals surface area contributed by atoms with Crippen molar-refractivity contribution < 1.29 is 24.5 Å². The molecule has 1 atom stereocenters. The number of nitrogens with one attached hydrogen (secondary N) is 1. The zero-order valence-corrected chi connectivity index (χ0v) is 19.8. The van der Waals surface area contributed by atoms with E-state index in [0.29, 0.717) is 5.56 Å². The molecule has 7 nitrogen and oxygen atoms in total. The maximum absolute atomic E-state index is 11.4. The molecule has 3 rings (SSSR count). The molecular formula is C25H30N2O5S. The number of carbonyl (C=O) groups excluding carboxylic acids is 1. The van der Waals surface area contributed by atoms with Crippen LogP contribution >= 0.6 is 11.8 Å². The summed E-state index contributed by atoms with van der Waals surface area (Å²) in [6, 6.07) is 15.5. The van der Waals surface area contributed by atoms with Gasteiger partial charge in [-0.2, -0.15) is 0 Å². The van der Waals surface area contributed by atoms with Crippen molar-refractivity contribution in [1.29, 1.82) is 0 Å². The van der Waals surface area contributed by atoms with E-state index in [1.54, 1.807) is 30.2 Å². The van der Waals surface area contributed by atoms with Gasteiger partial charge in [0.15, 0.2) is 5.89 Å². The van der Waals surface area contributed by atoms with Gasteiger partial charge in [-0.05, 0) is 29.8 Å². The Morgan fingerprint density at radius 3 is 2.12 bits per heavy atom. The third kappa shape index (κ3) is 6.45. The van der Waals surface area contributed by atoms with Crippen LogP contribution in [0.1, 0.15) is 50.7 Å². The van der Waals surface area contributed by atoms with Crippen molar-refractivity contribution in [3.63, 3.8) is 0 Å². The number of rotatable bonds is 10. The lowest BCUT2D eigenvalue weighted by Gasteiger charge is -2.32. The summed E-state index contributed by atoms with van der Waals surface area (Å²) >= 11 is 1.59. The zero-order chi connectivity index (χ0) is 24.0. The first-order valence-electron chi connectivity index (χ1n) is 10.8. The smallest absolute Gasteiger partial charge is 0.217 e. The van der Waals surface area contributed by atoms with Crippen LogP contribution < -0.4 is 5.32 Å². The minimum Gasteiger partial charge on any atom is -0.448 e. The molecule has 0 saturated carbocycles. The SMILES string of the molecule is CC(=O)NC(CO)(CO)CC(O)c1ccc(Sc2ccc(-c3coc(C(C)C)n3)cc2)cc1. The largest absolute Gasteiger partial charge is 0.448 e. The highest BCUT2D eigenvalue weighted by atomic mass is 32.2. The van der Waals surface area contributed by atoms with Crippen LogP contribution in [0.5, 0.6) is 0 Å². The monoisotopic (exact) mass is 470 g/mol. The molecule has 0 saturated heterocycles. The Morgan fingerprint density at radius 2 is 1.64 bits per heavy atom. The average molecular weight is 471 g/mol. The Balaban J connectivity index is 1.64. The van der Waals surface area contributed by atoms with E-state index in [-0.39, 0.29) is 18.2 Å². The van der Waals surface area contributed by atoms with Gasteiger partial charge in [-0.3, -0.25) is 4.79 Å². The fourth-order valence-corrected chi connectivity index (χ4v) is 4.26. The van der Waals surface area contributed by atoms with E-state index >= 15 is 0 Å². The first kappa shape index (κ1) is 25.0. The van der Waals surface area contributed by atoms with Crippen molar-refractivity contribution in [2.75, 3.05) is 13.2 Å². The third-order valence-corrected chi connectivity index (χ3v) is 6.31. The van der Waals surface area contributed by atoms with E-state index in [9.17, 15) is 20.1 Å². The number of aromatic nitrogens is 1. The van der Waals surface area contributed by atoms with E-state index < -0.39 is 24.9 Å². The predicted molar refractivity (Wildman–Crippen MR) is 127 cm³/mol. The number of carbonyl (C=O) groups is 1. The van der Waals surface area contributed by atoms with Crippen LogP contribution in [-0.2, 0) is 4.79 Å². The highest BCUT2D eigenvalue weighted by Crippen LogP contribution is 2.32. The molecule has 4 N–H and O–H groups in total. The van der Waals surface area contributed by atoms with Crippen LogP contribution in [0.2, 0.25) is 0 Å². The van der Waals surface area contributed by atoms with E-state index in [4.69, 9.17) is 4.42 Å². The lowest BCUT2D eigenvalue weighted by molar-refractivity contribution is -0.122. The normalized spacial score (nSPS) is 12.7. The second-order valence-corrected chi connectivity index (χ2v) is 9.57. The molecule has 1 heterocycles. The van der Waals surface area contributed by atoms with Crippen LogP contribution in [0.15, 0.2) is 69.0 Å². The summed E-state index contributed by atoms with van der Waals surface area (Å²) in [7, 11) is 0. The van der Waals surface area contributed by atoms with Gasteiger partial charge in [0.1, 0.15) is 12.0 Å². The van der Waals surface area contributed by atoms with Gasteiger partial charge in [-0.1, -0.05) is 49.9 Å². The summed E-state index contributed by atoms with van der Waals surface area (Å²) < 4.78 is 5.52. The van der Waals surface area contributed by atoms with Crippen LogP contribution in [0.25, 0.3) is 11.3 Å². The molecular weight excluding hydrogens is 440 g/mol. The number of amides is 1. The van der Waals surface area contributed by atoms with Gasteiger partial charge in [-0.15, -0.1) is 0 Å². The number of aliphatic hydroxyl groups excluding tert-OH is 3. The molecule has 0 radical (unpaired) electrons. The second kappa shape index (κ2) is 11.0. The molecule has 0 spiro atoms. The molecule has 2 aromatic carbocycles. The van der Waals surface area contributed by atoms with Gasteiger partial charge >= 0.3 is 0 Å². The van der Waals surface area contributed by atoms with Crippen molar-refractivity contribution in [2.24, 2.45) is 0 Å². The second-order valence-electron chi connectivity index (χ2n) is 8.42. The van der Waals surface area contributed by atoms with Gasteiger partial charge in [0.05, 0.1) is 24.9 Å². The van der Waals surface area contributed by atoms with Crippen molar-refractivity contribution in [3.05, 3.63) is 66.2 Å². The van der Waals surface area contributed by atoms with Crippen LogP contribution in [0, 0.1) is 0 Å². The lowest BCUT2D eigenvalue weighted by Crippen LogP contribution is -2.54. The summed E-state index contributed by atoms with van der Waals surface area (Å²) in [5.74, 6) is 0.578. The molecule has 1 amide bonds. The Hall–Kier alpha value is -2.65. The number of hydrogen-bond donors (Lipinski definition) is 4. The van der Waals surface area contributed by atoms with Gasteiger partial charge < -0.3 is 25.1 Å². The number of aliphatic hydroxyl groups is 3. The minimum atomic E-state index is -1.28. The highest BCUT2D eigenvalue weighted by molar-refractivity contribution is 7.99. The maximum Gasteiger partial charge on any atom is 0.217 e. The molecule has 1 unspecified atom stereocenters. The molecule has 8 heteroatoms. The summed E-state index contributed by atoms with van der Waals surface area (Å²) in [6.07, 6.45) is 0.719. The van der Waals surface area contributed by atoms with Gasteiger partial charge in [0.2, 0.25) is 5.91 Å². The fourth-order valence-electron chi connectivity index (χ4n) is 3.44. The third-order valence-electron chi connectivity index (χ3n) is 5.30. The molecule has 1 aromatic heterocycles. The van der Waals surface area contributed by atoms with E-state index in [1.165, 1.54) is 6.92 Å². The zero-order valence-electron chi connectivity index (χ0n) is 19.0. The van der Waals surface area contributed by atoms with Gasteiger partial charge in [-0.25, -0.2) is 4.98 Å². The number of benzene rings is 2. The molecule has 3 aromatic rings. The van der Waals surface area contributed by atoms with Crippen molar-refractivity contribution in [1.82, 2.24) is 10.3 Å². The summed E-state index contributed by atoms with van der Waals surface area (Å²) in [4.78, 5) is 18.0. The number of nitrogens with zero attached hydrogens (tertiary/aromatic N) is 1. The molecule has 0 bridgehead atoms.